The lowest BCUT2D eigenvalue weighted by Gasteiger charge is -2.17. The zero-order chi connectivity index (χ0) is 14.0. The topological polar surface area (TPSA) is 73.0 Å². The number of hydrogen-bond donors (Lipinski definition) is 1. The maximum Gasteiger partial charge on any atom is 0.333 e. The molecule has 2 rings (SSSR count). The predicted molar refractivity (Wildman–Crippen MR) is 74.3 cm³/mol. The molecule has 0 bridgehead atoms. The molecule has 0 aliphatic heterocycles. The molecule has 1 aliphatic carbocycles. The van der Waals surface area contributed by atoms with Gasteiger partial charge in [-0.1, -0.05) is 26.7 Å². The Kier molecular flexibility index (Phi) is 4.07. The maximum absolute atomic E-state index is 11.3. The molecule has 1 aliphatic rings. The first-order valence-corrected chi connectivity index (χ1v) is 7.01. The Hall–Kier alpha value is -1.59. The van der Waals surface area contributed by atoms with Gasteiger partial charge >= 0.3 is 5.69 Å². The number of nitrogens with one attached hydrogen (secondary N) is 1. The zero-order valence-electron chi connectivity index (χ0n) is 11.8. The van der Waals surface area contributed by atoms with Crippen LogP contribution in [0.25, 0.3) is 0 Å². The molecule has 106 valence electrons. The quantitative estimate of drug-likeness (QED) is 0.657. The Labute approximate surface area is 113 Å². The summed E-state index contributed by atoms with van der Waals surface area (Å²) in [4.78, 5) is 11.0. The molecular weight excluding hydrogens is 244 g/mol. The van der Waals surface area contributed by atoms with Gasteiger partial charge in [-0.3, -0.25) is 10.1 Å². The van der Waals surface area contributed by atoms with Crippen LogP contribution in [0, 0.1) is 16.0 Å². The van der Waals surface area contributed by atoms with Gasteiger partial charge in [-0.2, -0.15) is 5.10 Å². The van der Waals surface area contributed by atoms with Crippen molar-refractivity contribution in [2.75, 3.05) is 5.32 Å². The summed E-state index contributed by atoms with van der Waals surface area (Å²) in [5.74, 6) is 1.12. The number of rotatable bonds is 5. The van der Waals surface area contributed by atoms with Crippen LogP contribution in [0.15, 0.2) is 0 Å². The molecule has 1 fully saturated rings. The van der Waals surface area contributed by atoms with Crippen molar-refractivity contribution in [2.24, 2.45) is 13.0 Å². The molecule has 1 aromatic rings. The highest BCUT2D eigenvalue weighted by Gasteiger charge is 2.30. The normalized spacial score (nSPS) is 22.7. The summed E-state index contributed by atoms with van der Waals surface area (Å²) >= 11 is 0. The first kappa shape index (κ1) is 13.8. The minimum absolute atomic E-state index is 0.156. The third kappa shape index (κ3) is 2.72. The Balaban J connectivity index is 2.30. The molecule has 0 aromatic carbocycles. The average Bonchev–Trinajstić information content (AvgIpc) is 2.86. The van der Waals surface area contributed by atoms with Gasteiger partial charge in [0.1, 0.15) is 5.69 Å². The summed E-state index contributed by atoms with van der Waals surface area (Å²) in [6.45, 7) is 4.20. The number of nitro groups is 1. The van der Waals surface area contributed by atoms with Gasteiger partial charge in [-0.05, 0) is 25.2 Å². The van der Waals surface area contributed by atoms with Crippen molar-refractivity contribution in [3.8, 4) is 0 Å². The van der Waals surface area contributed by atoms with Gasteiger partial charge in [0.2, 0.25) is 5.82 Å². The van der Waals surface area contributed by atoms with E-state index in [1.165, 1.54) is 12.8 Å². The fourth-order valence-electron chi connectivity index (χ4n) is 2.86. The molecule has 1 heterocycles. The van der Waals surface area contributed by atoms with Gasteiger partial charge in [0, 0.05) is 13.1 Å². The van der Waals surface area contributed by atoms with E-state index in [0.717, 1.165) is 12.8 Å². The van der Waals surface area contributed by atoms with Crippen LogP contribution in [0.1, 0.15) is 45.2 Å². The van der Waals surface area contributed by atoms with Gasteiger partial charge in [0.15, 0.2) is 0 Å². The number of nitrogens with zero attached hydrogens (tertiary/aromatic N) is 3. The molecule has 1 aromatic heterocycles. The summed E-state index contributed by atoms with van der Waals surface area (Å²) in [7, 11) is 1.77. The number of aryl methyl sites for hydroxylation is 2. The second-order valence-electron chi connectivity index (χ2n) is 5.43. The number of hydrogen-bond acceptors (Lipinski definition) is 4. The van der Waals surface area contributed by atoms with E-state index in [9.17, 15) is 10.1 Å². The van der Waals surface area contributed by atoms with Crippen LogP contribution in [0.2, 0.25) is 0 Å². The summed E-state index contributed by atoms with van der Waals surface area (Å²) in [6, 6.07) is 0.323. The fraction of sp³-hybridized carbons (Fsp3) is 0.769. The van der Waals surface area contributed by atoms with Crippen molar-refractivity contribution < 1.29 is 4.92 Å². The monoisotopic (exact) mass is 266 g/mol. The Bertz CT molecular complexity index is 469. The molecule has 19 heavy (non-hydrogen) atoms. The largest absolute Gasteiger partial charge is 0.362 e. The van der Waals surface area contributed by atoms with E-state index in [0.29, 0.717) is 29.9 Å². The molecule has 0 spiro atoms. The standard InChI is InChI=1S/C13H22N4O2/c1-4-6-11-12(17(18)19)13(16(3)15-11)14-10-8-5-7-9(10)2/h9-10,14H,4-8H2,1-3H3. The summed E-state index contributed by atoms with van der Waals surface area (Å²) in [5, 5.41) is 18.9. The lowest BCUT2D eigenvalue weighted by molar-refractivity contribution is -0.384. The van der Waals surface area contributed by atoms with E-state index in [-0.39, 0.29) is 10.6 Å². The highest BCUT2D eigenvalue weighted by molar-refractivity contribution is 5.60. The second-order valence-corrected chi connectivity index (χ2v) is 5.43. The van der Waals surface area contributed by atoms with Crippen LogP contribution in [-0.2, 0) is 13.5 Å². The third-order valence-corrected chi connectivity index (χ3v) is 3.94. The smallest absolute Gasteiger partial charge is 0.333 e. The molecule has 0 radical (unpaired) electrons. The van der Waals surface area contributed by atoms with Gasteiger partial charge < -0.3 is 5.32 Å². The van der Waals surface area contributed by atoms with E-state index in [4.69, 9.17) is 0 Å². The second kappa shape index (κ2) is 5.59. The Morgan fingerprint density at radius 2 is 2.26 bits per heavy atom. The van der Waals surface area contributed by atoms with Gasteiger partial charge in [0.05, 0.1) is 4.92 Å². The van der Waals surface area contributed by atoms with Crippen LogP contribution in [-0.4, -0.2) is 20.7 Å². The first-order chi connectivity index (χ1) is 9.04. The summed E-state index contributed by atoms with van der Waals surface area (Å²) in [5.41, 5.74) is 0.742. The Morgan fingerprint density at radius 1 is 1.53 bits per heavy atom. The van der Waals surface area contributed by atoms with Crippen molar-refractivity contribution >= 4 is 11.5 Å². The van der Waals surface area contributed by atoms with E-state index in [1.807, 2.05) is 6.92 Å². The first-order valence-electron chi connectivity index (χ1n) is 7.01. The van der Waals surface area contributed by atoms with Crippen LogP contribution < -0.4 is 5.32 Å². The lowest BCUT2D eigenvalue weighted by Crippen LogP contribution is -2.23. The van der Waals surface area contributed by atoms with Gasteiger partial charge in [-0.25, -0.2) is 4.68 Å². The van der Waals surface area contributed by atoms with Crippen LogP contribution in [0.5, 0.6) is 0 Å². The molecule has 6 heteroatoms. The zero-order valence-corrected chi connectivity index (χ0v) is 11.8. The molecule has 2 atom stereocenters. The molecule has 1 saturated carbocycles. The summed E-state index contributed by atoms with van der Waals surface area (Å²) in [6.07, 6.45) is 4.95. The van der Waals surface area contributed by atoms with E-state index < -0.39 is 0 Å². The molecule has 6 nitrogen and oxygen atoms in total. The van der Waals surface area contributed by atoms with Crippen molar-refractivity contribution in [3.05, 3.63) is 15.8 Å². The molecule has 2 unspecified atom stereocenters. The molecular formula is C13H22N4O2. The fourth-order valence-corrected chi connectivity index (χ4v) is 2.86. The SMILES string of the molecule is CCCc1nn(C)c(NC2CCCC2C)c1[N+](=O)[O-]. The van der Waals surface area contributed by atoms with Crippen LogP contribution in [0.3, 0.4) is 0 Å². The number of anilines is 1. The van der Waals surface area contributed by atoms with Crippen LogP contribution in [0.4, 0.5) is 11.5 Å². The molecule has 0 amide bonds. The highest BCUT2D eigenvalue weighted by Crippen LogP contribution is 2.33. The third-order valence-electron chi connectivity index (χ3n) is 3.94. The van der Waals surface area contributed by atoms with Crippen molar-refractivity contribution in [3.63, 3.8) is 0 Å². The Morgan fingerprint density at radius 3 is 2.79 bits per heavy atom. The molecule has 1 N–H and O–H groups in total. The van der Waals surface area contributed by atoms with E-state index >= 15 is 0 Å². The van der Waals surface area contributed by atoms with Gasteiger partial charge in [-0.15, -0.1) is 0 Å². The number of aromatic nitrogens is 2. The predicted octanol–water partition coefficient (Wildman–Crippen LogP) is 2.88. The average molecular weight is 266 g/mol. The maximum atomic E-state index is 11.3. The lowest BCUT2D eigenvalue weighted by atomic mass is 10.1. The van der Waals surface area contributed by atoms with Crippen molar-refractivity contribution in [1.29, 1.82) is 0 Å². The van der Waals surface area contributed by atoms with Gasteiger partial charge in [0.25, 0.3) is 0 Å². The minimum Gasteiger partial charge on any atom is -0.362 e. The van der Waals surface area contributed by atoms with Crippen molar-refractivity contribution in [2.45, 2.75) is 52.0 Å². The molecule has 0 saturated heterocycles. The minimum atomic E-state index is -0.306. The van der Waals surface area contributed by atoms with E-state index in [2.05, 4.69) is 17.3 Å². The van der Waals surface area contributed by atoms with Crippen LogP contribution >= 0.6 is 0 Å². The summed E-state index contributed by atoms with van der Waals surface area (Å²) < 4.78 is 1.62. The highest BCUT2D eigenvalue weighted by atomic mass is 16.6. The van der Waals surface area contributed by atoms with Crippen molar-refractivity contribution in [1.82, 2.24) is 9.78 Å². The van der Waals surface area contributed by atoms with E-state index in [1.54, 1.807) is 11.7 Å².